The second kappa shape index (κ2) is 6.74. The maximum absolute atomic E-state index is 13.2. The zero-order valence-corrected chi connectivity index (χ0v) is 14.1. The molecule has 8 heteroatoms. The van der Waals surface area contributed by atoms with Crippen LogP contribution in [0.15, 0.2) is 36.4 Å². The Bertz CT molecular complexity index is 1000. The van der Waals surface area contributed by atoms with Gasteiger partial charge in [-0.1, -0.05) is 23.2 Å². The lowest BCUT2D eigenvalue weighted by atomic mass is 10.1. The summed E-state index contributed by atoms with van der Waals surface area (Å²) in [5.41, 5.74) is 1.11. The lowest BCUT2D eigenvalue weighted by Crippen LogP contribution is -2.16. The van der Waals surface area contributed by atoms with Crippen molar-refractivity contribution in [1.82, 2.24) is 4.98 Å². The molecule has 3 rings (SSSR count). The van der Waals surface area contributed by atoms with E-state index in [9.17, 15) is 19.1 Å². The molecule has 0 fully saturated rings. The van der Waals surface area contributed by atoms with Gasteiger partial charge in [-0.15, -0.1) is 0 Å². The number of aromatic carboxylic acids is 1. The summed E-state index contributed by atoms with van der Waals surface area (Å²) in [6, 6.07) is 8.63. The average molecular weight is 381 g/mol. The summed E-state index contributed by atoms with van der Waals surface area (Å²) in [6.07, 6.45) is -0.197. The Balaban J connectivity index is 1.92. The molecule has 0 aliphatic carbocycles. The Morgan fingerprint density at radius 3 is 2.60 bits per heavy atom. The third-order valence-electron chi connectivity index (χ3n) is 3.62. The van der Waals surface area contributed by atoms with Gasteiger partial charge in [-0.05, 0) is 36.4 Å². The molecule has 0 bridgehead atoms. The summed E-state index contributed by atoms with van der Waals surface area (Å²) in [7, 11) is 0. The smallest absolute Gasteiger partial charge is 0.352 e. The number of carboxylic acid groups (broad SMARTS) is 1. The topological polar surface area (TPSA) is 82.2 Å². The van der Waals surface area contributed by atoms with Gasteiger partial charge < -0.3 is 15.4 Å². The molecular formula is C17H11Cl2FN2O3. The lowest BCUT2D eigenvalue weighted by Gasteiger charge is -2.06. The second-order valence-electron chi connectivity index (χ2n) is 5.33. The van der Waals surface area contributed by atoms with Crippen molar-refractivity contribution in [3.63, 3.8) is 0 Å². The van der Waals surface area contributed by atoms with E-state index in [1.54, 1.807) is 18.2 Å². The molecule has 1 aromatic heterocycles. The molecule has 0 spiro atoms. The molecule has 0 atom stereocenters. The van der Waals surface area contributed by atoms with Crippen molar-refractivity contribution >= 4 is 51.7 Å². The van der Waals surface area contributed by atoms with Crippen LogP contribution in [0.25, 0.3) is 10.9 Å². The number of hydrogen-bond donors (Lipinski definition) is 3. The number of anilines is 1. The van der Waals surface area contributed by atoms with E-state index in [0.29, 0.717) is 27.2 Å². The Morgan fingerprint density at radius 1 is 1.16 bits per heavy atom. The number of carbonyl (C=O) groups is 2. The quantitative estimate of drug-likeness (QED) is 0.623. The van der Waals surface area contributed by atoms with E-state index >= 15 is 0 Å². The third kappa shape index (κ3) is 3.60. The van der Waals surface area contributed by atoms with Gasteiger partial charge in [0, 0.05) is 27.2 Å². The van der Waals surface area contributed by atoms with Crippen molar-refractivity contribution in [1.29, 1.82) is 0 Å². The Labute approximate surface area is 151 Å². The van der Waals surface area contributed by atoms with Crippen molar-refractivity contribution in [2.75, 3.05) is 5.32 Å². The standard InChI is InChI=1S/C17H11Cl2FN2O3/c18-8-1-4-14-10(5-8)11(16(22-14)17(24)25)7-15(23)21-9-2-3-13(20)12(19)6-9/h1-6,22H,7H2,(H,21,23)(H,24,25). The van der Waals surface area contributed by atoms with Crippen LogP contribution in [0.2, 0.25) is 10.0 Å². The van der Waals surface area contributed by atoms with Crippen molar-refractivity contribution in [2.45, 2.75) is 6.42 Å². The highest BCUT2D eigenvalue weighted by atomic mass is 35.5. The molecule has 0 saturated carbocycles. The molecule has 0 radical (unpaired) electrons. The van der Waals surface area contributed by atoms with E-state index in [4.69, 9.17) is 23.2 Å². The number of carboxylic acids is 1. The second-order valence-corrected chi connectivity index (χ2v) is 6.17. The predicted molar refractivity (Wildman–Crippen MR) is 94.0 cm³/mol. The molecule has 3 aromatic rings. The molecule has 0 saturated heterocycles. The van der Waals surface area contributed by atoms with Gasteiger partial charge in [-0.25, -0.2) is 9.18 Å². The first-order chi connectivity index (χ1) is 11.8. The highest BCUT2D eigenvalue weighted by molar-refractivity contribution is 6.31. The van der Waals surface area contributed by atoms with Crippen molar-refractivity contribution < 1.29 is 19.1 Å². The van der Waals surface area contributed by atoms with Gasteiger partial charge in [-0.3, -0.25) is 4.79 Å². The van der Waals surface area contributed by atoms with Crippen LogP contribution in [0, 0.1) is 5.82 Å². The Morgan fingerprint density at radius 2 is 1.92 bits per heavy atom. The van der Waals surface area contributed by atoms with Crippen LogP contribution < -0.4 is 5.32 Å². The van der Waals surface area contributed by atoms with E-state index in [1.807, 2.05) is 0 Å². The van der Waals surface area contributed by atoms with Crippen LogP contribution >= 0.6 is 23.2 Å². The molecule has 3 N–H and O–H groups in total. The normalized spacial score (nSPS) is 10.8. The largest absolute Gasteiger partial charge is 0.477 e. The fourth-order valence-corrected chi connectivity index (χ4v) is 2.88. The number of nitrogens with one attached hydrogen (secondary N) is 2. The third-order valence-corrected chi connectivity index (χ3v) is 4.15. The fourth-order valence-electron chi connectivity index (χ4n) is 2.53. The Kier molecular flexibility index (Phi) is 4.65. The molecule has 0 aliphatic rings. The molecule has 5 nitrogen and oxygen atoms in total. The van der Waals surface area contributed by atoms with Crippen LogP contribution in [-0.4, -0.2) is 22.0 Å². The number of amides is 1. The fraction of sp³-hybridized carbons (Fsp3) is 0.0588. The van der Waals surface area contributed by atoms with Gasteiger partial charge in [0.25, 0.3) is 0 Å². The minimum atomic E-state index is -1.18. The maximum Gasteiger partial charge on any atom is 0.352 e. The van der Waals surface area contributed by atoms with Crippen molar-refractivity contribution in [3.05, 3.63) is 63.5 Å². The molecule has 0 aliphatic heterocycles. The van der Waals surface area contributed by atoms with Gasteiger partial charge >= 0.3 is 5.97 Å². The first-order valence-electron chi connectivity index (χ1n) is 7.13. The lowest BCUT2D eigenvalue weighted by molar-refractivity contribution is -0.115. The number of H-pyrrole nitrogens is 1. The van der Waals surface area contributed by atoms with Crippen molar-refractivity contribution in [3.8, 4) is 0 Å². The van der Waals surface area contributed by atoms with Crippen LogP contribution in [0.1, 0.15) is 16.1 Å². The molecule has 1 heterocycles. The zero-order chi connectivity index (χ0) is 18.1. The van der Waals surface area contributed by atoms with Gasteiger partial charge in [0.1, 0.15) is 11.5 Å². The Hall–Kier alpha value is -2.57. The summed E-state index contributed by atoms with van der Waals surface area (Å²) in [5, 5.41) is 12.8. The highest BCUT2D eigenvalue weighted by Crippen LogP contribution is 2.27. The summed E-state index contributed by atoms with van der Waals surface area (Å²) in [6.45, 7) is 0. The van der Waals surface area contributed by atoms with Gasteiger partial charge in [-0.2, -0.15) is 0 Å². The number of fused-ring (bicyclic) bond motifs is 1. The molecule has 25 heavy (non-hydrogen) atoms. The number of benzene rings is 2. The summed E-state index contributed by atoms with van der Waals surface area (Å²) in [4.78, 5) is 26.5. The first-order valence-corrected chi connectivity index (χ1v) is 7.89. The number of rotatable bonds is 4. The van der Waals surface area contributed by atoms with Crippen molar-refractivity contribution in [2.24, 2.45) is 0 Å². The highest BCUT2D eigenvalue weighted by Gasteiger charge is 2.20. The SMILES string of the molecule is O=C(Cc1c(C(=O)O)[nH]c2ccc(Cl)cc12)Nc1ccc(F)c(Cl)c1. The molecule has 128 valence electrons. The molecule has 2 aromatic carbocycles. The zero-order valence-electron chi connectivity index (χ0n) is 12.6. The monoisotopic (exact) mass is 380 g/mol. The van der Waals surface area contributed by atoms with Crippen LogP contribution in [0.5, 0.6) is 0 Å². The van der Waals surface area contributed by atoms with E-state index in [2.05, 4.69) is 10.3 Å². The minimum absolute atomic E-state index is 0.0791. The number of hydrogen-bond acceptors (Lipinski definition) is 2. The minimum Gasteiger partial charge on any atom is -0.477 e. The van der Waals surface area contributed by atoms with E-state index in [0.717, 1.165) is 6.07 Å². The summed E-state index contributed by atoms with van der Waals surface area (Å²) >= 11 is 11.6. The maximum atomic E-state index is 13.2. The molecular weight excluding hydrogens is 370 g/mol. The molecule has 0 unspecified atom stereocenters. The number of halogens is 3. The predicted octanol–water partition coefficient (Wildman–Crippen LogP) is 4.49. The van der Waals surface area contributed by atoms with Gasteiger partial charge in [0.05, 0.1) is 11.4 Å². The summed E-state index contributed by atoms with van der Waals surface area (Å²) < 4.78 is 13.2. The number of aromatic amines is 1. The summed E-state index contributed by atoms with van der Waals surface area (Å²) in [5.74, 6) is -2.25. The van der Waals surface area contributed by atoms with Crippen LogP contribution in [0.4, 0.5) is 10.1 Å². The van der Waals surface area contributed by atoms with E-state index < -0.39 is 17.7 Å². The number of aromatic nitrogens is 1. The van der Waals surface area contributed by atoms with Gasteiger partial charge in [0.15, 0.2) is 0 Å². The van der Waals surface area contributed by atoms with E-state index in [-0.39, 0.29) is 17.1 Å². The van der Waals surface area contributed by atoms with Gasteiger partial charge in [0.2, 0.25) is 5.91 Å². The van der Waals surface area contributed by atoms with Crippen LogP contribution in [0.3, 0.4) is 0 Å². The van der Waals surface area contributed by atoms with Crippen LogP contribution in [-0.2, 0) is 11.2 Å². The average Bonchev–Trinajstić information content (AvgIpc) is 2.89. The first kappa shape index (κ1) is 17.3. The molecule has 1 amide bonds. The van der Waals surface area contributed by atoms with E-state index in [1.165, 1.54) is 12.1 Å². The number of carbonyl (C=O) groups excluding carboxylic acids is 1.